The molecule has 0 heterocycles. The molecule has 0 aliphatic heterocycles. The maximum absolute atomic E-state index is 13.8. The third-order valence-electron chi connectivity index (χ3n) is 3.40. The van der Waals surface area contributed by atoms with Crippen LogP contribution in [-0.4, -0.2) is 25.0 Å². The third-order valence-corrected chi connectivity index (χ3v) is 5.25. The molecule has 0 aromatic heterocycles. The van der Waals surface area contributed by atoms with Crippen LogP contribution in [0.5, 0.6) is 0 Å². The first kappa shape index (κ1) is 15.2. The van der Waals surface area contributed by atoms with E-state index in [1.54, 1.807) is 0 Å². The second-order valence-electron chi connectivity index (χ2n) is 4.75. The summed E-state index contributed by atoms with van der Waals surface area (Å²) in [5.74, 6) is -2.33. The number of carboxylic acid groups (broad SMARTS) is 1. The Morgan fingerprint density at radius 3 is 2.50 bits per heavy atom. The molecule has 110 valence electrons. The van der Waals surface area contributed by atoms with Gasteiger partial charge in [0.15, 0.2) is 5.82 Å². The van der Waals surface area contributed by atoms with Crippen molar-refractivity contribution in [1.29, 1.82) is 0 Å². The van der Waals surface area contributed by atoms with Gasteiger partial charge in [-0.2, -0.15) is 4.72 Å². The summed E-state index contributed by atoms with van der Waals surface area (Å²) in [5.41, 5.74) is -1.56. The number of benzene rings is 1. The van der Waals surface area contributed by atoms with Crippen LogP contribution >= 0.6 is 11.6 Å². The average molecular weight is 322 g/mol. The smallest absolute Gasteiger partial charge is 0.324 e. The summed E-state index contributed by atoms with van der Waals surface area (Å²) >= 11 is 5.55. The zero-order valence-electron chi connectivity index (χ0n) is 10.4. The lowest BCUT2D eigenvalue weighted by Crippen LogP contribution is -2.52. The molecule has 0 atom stereocenters. The van der Waals surface area contributed by atoms with Crippen LogP contribution in [0.1, 0.15) is 25.7 Å². The minimum atomic E-state index is -4.29. The SMILES string of the molecule is O=C(O)C1(NS(=O)(=O)c2cccc(Cl)c2F)CCCC1. The standard InChI is InChI=1S/C12H13ClFNO4S/c13-8-4-3-5-9(10(8)14)20(18,19)15-12(11(16)17)6-1-2-7-12/h3-5,15H,1-2,6-7H2,(H,16,17). The minimum Gasteiger partial charge on any atom is -0.480 e. The summed E-state index contributed by atoms with van der Waals surface area (Å²) in [5, 5.41) is 8.92. The van der Waals surface area contributed by atoms with Crippen LogP contribution in [0.3, 0.4) is 0 Å². The summed E-state index contributed by atoms with van der Waals surface area (Å²) in [6, 6.07) is 3.56. The van der Waals surface area contributed by atoms with Crippen LogP contribution in [0.15, 0.2) is 23.1 Å². The highest BCUT2D eigenvalue weighted by Crippen LogP contribution is 2.32. The van der Waals surface area contributed by atoms with Crippen LogP contribution < -0.4 is 4.72 Å². The van der Waals surface area contributed by atoms with E-state index < -0.39 is 32.2 Å². The van der Waals surface area contributed by atoms with E-state index >= 15 is 0 Å². The minimum absolute atomic E-state index is 0.184. The molecule has 0 amide bonds. The van der Waals surface area contributed by atoms with Crippen molar-refractivity contribution >= 4 is 27.6 Å². The van der Waals surface area contributed by atoms with E-state index in [1.807, 2.05) is 0 Å². The lowest BCUT2D eigenvalue weighted by molar-refractivity contribution is -0.143. The van der Waals surface area contributed by atoms with Gasteiger partial charge < -0.3 is 5.11 Å². The highest BCUT2D eigenvalue weighted by atomic mass is 35.5. The number of rotatable bonds is 4. The molecule has 20 heavy (non-hydrogen) atoms. The number of hydrogen-bond acceptors (Lipinski definition) is 3. The largest absolute Gasteiger partial charge is 0.480 e. The Morgan fingerprint density at radius 2 is 1.95 bits per heavy atom. The van der Waals surface area contributed by atoms with Gasteiger partial charge in [0.2, 0.25) is 10.0 Å². The van der Waals surface area contributed by atoms with Crippen LogP contribution in [0.25, 0.3) is 0 Å². The number of halogens is 2. The number of carboxylic acids is 1. The number of nitrogens with one attached hydrogen (secondary N) is 1. The Bertz CT molecular complexity index is 641. The number of sulfonamides is 1. The van der Waals surface area contributed by atoms with Crippen LogP contribution in [0.4, 0.5) is 4.39 Å². The molecule has 0 saturated heterocycles. The molecule has 0 unspecified atom stereocenters. The van der Waals surface area contributed by atoms with Crippen molar-refractivity contribution in [2.45, 2.75) is 36.1 Å². The first-order valence-corrected chi connectivity index (χ1v) is 7.86. The summed E-state index contributed by atoms with van der Waals surface area (Å²) in [6.07, 6.45) is 1.58. The quantitative estimate of drug-likeness (QED) is 0.890. The molecule has 1 aromatic carbocycles. The monoisotopic (exact) mass is 321 g/mol. The zero-order chi connectivity index (χ0) is 15.0. The molecule has 0 spiro atoms. The van der Waals surface area contributed by atoms with E-state index in [-0.39, 0.29) is 17.9 Å². The predicted molar refractivity (Wildman–Crippen MR) is 70.6 cm³/mol. The van der Waals surface area contributed by atoms with Crippen LogP contribution in [0, 0.1) is 5.82 Å². The van der Waals surface area contributed by atoms with Gasteiger partial charge in [0.1, 0.15) is 10.4 Å². The fourth-order valence-corrected chi connectivity index (χ4v) is 4.09. The number of hydrogen-bond donors (Lipinski definition) is 2. The topological polar surface area (TPSA) is 83.5 Å². The van der Waals surface area contributed by atoms with Crippen LogP contribution in [0.2, 0.25) is 5.02 Å². The van der Waals surface area contributed by atoms with E-state index in [0.29, 0.717) is 12.8 Å². The van der Waals surface area contributed by atoms with Gasteiger partial charge in [-0.3, -0.25) is 4.79 Å². The average Bonchev–Trinajstić information content (AvgIpc) is 2.81. The number of carbonyl (C=O) groups is 1. The summed E-state index contributed by atoms with van der Waals surface area (Å²) in [7, 11) is -4.29. The molecule has 1 aliphatic rings. The molecule has 8 heteroatoms. The van der Waals surface area contributed by atoms with Crippen molar-refractivity contribution in [2.75, 3.05) is 0 Å². The molecular weight excluding hydrogens is 309 g/mol. The van der Waals surface area contributed by atoms with Crippen molar-refractivity contribution in [3.63, 3.8) is 0 Å². The lowest BCUT2D eigenvalue weighted by atomic mass is 10.0. The van der Waals surface area contributed by atoms with Gasteiger partial charge in [-0.25, -0.2) is 12.8 Å². The molecule has 0 radical (unpaired) electrons. The third kappa shape index (κ3) is 2.65. The zero-order valence-corrected chi connectivity index (χ0v) is 12.0. The summed E-state index contributed by atoms with van der Waals surface area (Å²) in [4.78, 5) is 10.7. The fraction of sp³-hybridized carbons (Fsp3) is 0.417. The van der Waals surface area contributed by atoms with Crippen molar-refractivity contribution in [1.82, 2.24) is 4.72 Å². The maximum Gasteiger partial charge on any atom is 0.324 e. The molecular formula is C12H13ClFNO4S. The van der Waals surface area contributed by atoms with E-state index in [2.05, 4.69) is 4.72 Å². The molecule has 1 fully saturated rings. The fourth-order valence-electron chi connectivity index (χ4n) is 2.34. The van der Waals surface area contributed by atoms with E-state index in [0.717, 1.165) is 6.07 Å². The van der Waals surface area contributed by atoms with Crippen LogP contribution in [-0.2, 0) is 14.8 Å². The van der Waals surface area contributed by atoms with E-state index in [9.17, 15) is 22.7 Å². The van der Waals surface area contributed by atoms with Gasteiger partial charge in [-0.05, 0) is 25.0 Å². The number of aliphatic carboxylic acids is 1. The van der Waals surface area contributed by atoms with Gasteiger partial charge in [-0.1, -0.05) is 30.5 Å². The Hall–Kier alpha value is -1.18. The molecule has 0 bridgehead atoms. The van der Waals surface area contributed by atoms with E-state index in [1.165, 1.54) is 12.1 Å². The second-order valence-corrected chi connectivity index (χ2v) is 6.81. The van der Waals surface area contributed by atoms with Gasteiger partial charge in [0, 0.05) is 0 Å². The highest BCUT2D eigenvalue weighted by Gasteiger charge is 2.45. The van der Waals surface area contributed by atoms with Gasteiger partial charge in [0.25, 0.3) is 0 Å². The lowest BCUT2D eigenvalue weighted by Gasteiger charge is -2.25. The van der Waals surface area contributed by atoms with E-state index in [4.69, 9.17) is 11.6 Å². The first-order valence-electron chi connectivity index (χ1n) is 6.00. The Morgan fingerprint density at radius 1 is 1.35 bits per heavy atom. The molecule has 2 N–H and O–H groups in total. The Labute approximate surface area is 120 Å². The summed E-state index contributed by atoms with van der Waals surface area (Å²) < 4.78 is 40.3. The molecule has 1 aliphatic carbocycles. The first-order chi connectivity index (χ1) is 9.28. The van der Waals surface area contributed by atoms with Gasteiger partial charge in [-0.15, -0.1) is 0 Å². The van der Waals surface area contributed by atoms with Gasteiger partial charge in [0.05, 0.1) is 5.02 Å². The van der Waals surface area contributed by atoms with Gasteiger partial charge >= 0.3 is 5.97 Å². The second kappa shape index (κ2) is 5.31. The predicted octanol–water partition coefficient (Wildman–Crippen LogP) is 2.15. The molecule has 5 nitrogen and oxygen atoms in total. The van der Waals surface area contributed by atoms with Crippen molar-refractivity contribution < 1.29 is 22.7 Å². The van der Waals surface area contributed by atoms with Crippen molar-refractivity contribution in [3.8, 4) is 0 Å². The van der Waals surface area contributed by atoms with Crippen molar-refractivity contribution in [2.24, 2.45) is 0 Å². The molecule has 2 rings (SSSR count). The summed E-state index contributed by atoms with van der Waals surface area (Å²) in [6.45, 7) is 0. The Balaban J connectivity index is 2.41. The molecule has 1 aromatic rings. The Kier molecular flexibility index (Phi) is 4.04. The van der Waals surface area contributed by atoms with Crippen molar-refractivity contribution in [3.05, 3.63) is 29.0 Å². The normalized spacial score (nSPS) is 18.1. The maximum atomic E-state index is 13.8. The highest BCUT2D eigenvalue weighted by molar-refractivity contribution is 7.89. The molecule has 1 saturated carbocycles.